The molecule has 33 heavy (non-hydrogen) atoms. The Morgan fingerprint density at radius 1 is 1.06 bits per heavy atom. The van der Waals surface area contributed by atoms with Crippen LogP contribution in [0.2, 0.25) is 0 Å². The molecule has 3 aromatic rings. The topological polar surface area (TPSA) is 67.7 Å². The van der Waals surface area contributed by atoms with Crippen molar-refractivity contribution in [1.29, 1.82) is 5.41 Å². The fourth-order valence-corrected chi connectivity index (χ4v) is 3.99. The van der Waals surface area contributed by atoms with Crippen LogP contribution in [0.15, 0.2) is 65.8 Å². The average molecular weight is 442 g/mol. The van der Waals surface area contributed by atoms with Gasteiger partial charge >= 0.3 is 0 Å². The molecule has 2 heterocycles. The number of allylic oxidation sites excluding steroid dienone is 2. The summed E-state index contributed by atoms with van der Waals surface area (Å²) in [5.74, 6) is 2.24. The third-order valence-corrected chi connectivity index (χ3v) is 5.95. The Morgan fingerprint density at radius 2 is 1.88 bits per heavy atom. The molecule has 0 atom stereocenters. The third-order valence-electron chi connectivity index (χ3n) is 5.95. The molecule has 0 unspecified atom stereocenters. The number of para-hydroxylation sites is 1. The number of aliphatic imine (C=N–C) groups is 1. The molecule has 1 aliphatic heterocycles. The molecule has 0 amide bonds. The Hall–Kier alpha value is -3.64. The quantitative estimate of drug-likeness (QED) is 0.407. The van der Waals surface area contributed by atoms with Crippen LogP contribution in [0.4, 0.5) is 5.82 Å². The molecule has 4 rings (SSSR count). The summed E-state index contributed by atoms with van der Waals surface area (Å²) in [5.41, 5.74) is 6.33. The normalized spacial score (nSPS) is 12.8. The molecule has 170 valence electrons. The Balaban J connectivity index is 1.59. The van der Waals surface area contributed by atoms with Crippen LogP contribution >= 0.6 is 0 Å². The van der Waals surface area contributed by atoms with Gasteiger partial charge in [0, 0.05) is 54.8 Å². The maximum absolute atomic E-state index is 8.61. The van der Waals surface area contributed by atoms with Crippen molar-refractivity contribution >= 4 is 23.4 Å². The van der Waals surface area contributed by atoms with Crippen molar-refractivity contribution in [3.05, 3.63) is 77.5 Å². The van der Waals surface area contributed by atoms with Gasteiger partial charge in [0.2, 0.25) is 0 Å². The Bertz CT molecular complexity index is 1200. The van der Waals surface area contributed by atoms with Gasteiger partial charge in [0.1, 0.15) is 17.4 Å². The molecule has 0 radical (unpaired) electrons. The number of fused-ring (bicyclic) bond motifs is 1. The lowest BCUT2D eigenvalue weighted by atomic mass is 9.98. The molecular weight excluding hydrogens is 410 g/mol. The van der Waals surface area contributed by atoms with Gasteiger partial charge in [-0.15, -0.1) is 0 Å². The van der Waals surface area contributed by atoms with Crippen LogP contribution < -0.4 is 4.74 Å². The van der Waals surface area contributed by atoms with E-state index >= 15 is 0 Å². The number of nitrogens with one attached hydrogen (secondary N) is 2. The fourth-order valence-electron chi connectivity index (χ4n) is 3.99. The third kappa shape index (κ3) is 4.91. The second-order valence-electron chi connectivity index (χ2n) is 8.51. The second-order valence-corrected chi connectivity index (χ2v) is 8.51. The highest BCUT2D eigenvalue weighted by molar-refractivity contribution is 6.12. The molecule has 0 saturated heterocycles. The lowest BCUT2D eigenvalue weighted by Gasteiger charge is -2.22. The number of aromatic nitrogens is 1. The summed E-state index contributed by atoms with van der Waals surface area (Å²) < 4.78 is 5.57. The first-order valence-electron chi connectivity index (χ1n) is 11.1. The van der Waals surface area contributed by atoms with E-state index in [0.717, 1.165) is 64.5 Å². The summed E-state index contributed by atoms with van der Waals surface area (Å²) in [7, 11) is 7.76. The zero-order valence-corrected chi connectivity index (χ0v) is 19.7. The summed E-state index contributed by atoms with van der Waals surface area (Å²) in [6.07, 6.45) is 6.88. The van der Waals surface area contributed by atoms with E-state index in [9.17, 15) is 0 Å². The Labute approximate surface area is 195 Å². The average Bonchev–Trinajstić information content (AvgIpc) is 3.12. The molecule has 0 saturated carbocycles. The number of methoxy groups -OCH3 is 1. The van der Waals surface area contributed by atoms with Gasteiger partial charge in [-0.05, 0) is 43.8 Å². The smallest absolute Gasteiger partial charge is 0.134 e. The zero-order valence-electron chi connectivity index (χ0n) is 19.7. The highest BCUT2D eigenvalue weighted by Crippen LogP contribution is 2.38. The number of hydrogen-bond donors (Lipinski definition) is 2. The van der Waals surface area contributed by atoms with Gasteiger partial charge in [0.25, 0.3) is 0 Å². The highest BCUT2D eigenvalue weighted by Gasteiger charge is 2.17. The minimum atomic E-state index is 0.522. The lowest BCUT2D eigenvalue weighted by Crippen LogP contribution is -2.33. The SMILES string of the molecule is COc1ccccc1-c1c[nH]c2c1CC=C(c1cccc(C(=N)N(C)CCN(C)C)c1)C=N2. The van der Waals surface area contributed by atoms with Crippen molar-refractivity contribution < 1.29 is 4.74 Å². The van der Waals surface area contributed by atoms with E-state index in [1.165, 1.54) is 0 Å². The number of benzene rings is 2. The molecular formula is C27H31N5O. The van der Waals surface area contributed by atoms with Gasteiger partial charge in [-0.3, -0.25) is 5.41 Å². The van der Waals surface area contributed by atoms with Gasteiger partial charge in [-0.1, -0.05) is 42.5 Å². The van der Waals surface area contributed by atoms with E-state index in [2.05, 4.69) is 34.2 Å². The maximum atomic E-state index is 8.61. The summed E-state index contributed by atoms with van der Waals surface area (Å²) in [4.78, 5) is 12.2. The predicted octanol–water partition coefficient (Wildman–Crippen LogP) is 4.85. The van der Waals surface area contributed by atoms with E-state index in [0.29, 0.717) is 5.84 Å². The van der Waals surface area contributed by atoms with Crippen LogP contribution in [0.3, 0.4) is 0 Å². The first-order valence-corrected chi connectivity index (χ1v) is 11.1. The number of H-pyrrole nitrogens is 1. The maximum Gasteiger partial charge on any atom is 0.134 e. The van der Waals surface area contributed by atoms with Crippen molar-refractivity contribution in [2.75, 3.05) is 41.3 Å². The largest absolute Gasteiger partial charge is 0.496 e. The van der Waals surface area contributed by atoms with Crippen molar-refractivity contribution in [2.24, 2.45) is 4.99 Å². The second kappa shape index (κ2) is 9.88. The lowest BCUT2D eigenvalue weighted by molar-refractivity contribution is 0.356. The van der Waals surface area contributed by atoms with Crippen molar-refractivity contribution in [1.82, 2.24) is 14.8 Å². The van der Waals surface area contributed by atoms with Crippen LogP contribution in [-0.4, -0.2) is 68.2 Å². The first kappa shape index (κ1) is 22.6. The van der Waals surface area contributed by atoms with Crippen LogP contribution in [0.1, 0.15) is 16.7 Å². The van der Waals surface area contributed by atoms with Crippen LogP contribution in [0, 0.1) is 5.41 Å². The highest BCUT2D eigenvalue weighted by atomic mass is 16.5. The number of rotatable bonds is 7. The molecule has 2 aromatic carbocycles. The Morgan fingerprint density at radius 3 is 2.67 bits per heavy atom. The van der Waals surface area contributed by atoms with Gasteiger partial charge < -0.3 is 19.5 Å². The van der Waals surface area contributed by atoms with Crippen LogP contribution in [0.25, 0.3) is 16.7 Å². The number of nitrogens with zero attached hydrogens (tertiary/aromatic N) is 3. The van der Waals surface area contributed by atoms with Crippen molar-refractivity contribution in [2.45, 2.75) is 6.42 Å². The molecule has 6 heteroatoms. The van der Waals surface area contributed by atoms with Crippen LogP contribution in [0.5, 0.6) is 5.75 Å². The summed E-state index contributed by atoms with van der Waals surface area (Å²) in [5, 5.41) is 8.61. The standard InChI is InChI=1S/C27H31N5O/c1-31(2)14-15-32(3)26(28)20-9-7-8-19(16-20)21-12-13-23-24(18-30-27(23)29-17-21)22-10-5-6-11-25(22)33-4/h5-12,16-18,28,30H,13-15H2,1-4H3. The van der Waals surface area contributed by atoms with Crippen molar-refractivity contribution in [3.8, 4) is 16.9 Å². The van der Waals surface area contributed by atoms with E-state index in [1.54, 1.807) is 7.11 Å². The predicted molar refractivity (Wildman–Crippen MR) is 137 cm³/mol. The minimum absolute atomic E-state index is 0.522. The monoisotopic (exact) mass is 441 g/mol. The number of ether oxygens (including phenoxy) is 1. The van der Waals surface area contributed by atoms with E-state index in [4.69, 9.17) is 15.1 Å². The zero-order chi connectivity index (χ0) is 23.4. The minimum Gasteiger partial charge on any atom is -0.496 e. The first-order chi connectivity index (χ1) is 16.0. The van der Waals surface area contributed by atoms with Crippen molar-refractivity contribution in [3.63, 3.8) is 0 Å². The fraction of sp³-hybridized carbons (Fsp3) is 0.259. The number of likely N-dealkylation sites (N-methyl/N-ethyl adjacent to an activating group) is 2. The van der Waals surface area contributed by atoms with Crippen LogP contribution in [-0.2, 0) is 6.42 Å². The molecule has 0 bridgehead atoms. The van der Waals surface area contributed by atoms with Gasteiger partial charge in [0.05, 0.1) is 7.11 Å². The number of amidine groups is 1. The molecule has 0 fully saturated rings. The molecule has 0 spiro atoms. The summed E-state index contributed by atoms with van der Waals surface area (Å²) in [6, 6.07) is 16.2. The van der Waals surface area contributed by atoms with E-state index in [1.807, 2.05) is 68.8 Å². The molecule has 0 aliphatic carbocycles. The number of hydrogen-bond acceptors (Lipinski definition) is 4. The molecule has 2 N–H and O–H groups in total. The summed E-state index contributed by atoms with van der Waals surface area (Å²) >= 11 is 0. The Kier molecular flexibility index (Phi) is 6.75. The van der Waals surface area contributed by atoms with E-state index < -0.39 is 0 Å². The van der Waals surface area contributed by atoms with Gasteiger partial charge in [0.15, 0.2) is 0 Å². The van der Waals surface area contributed by atoms with Gasteiger partial charge in [-0.25, -0.2) is 4.99 Å². The number of aromatic amines is 1. The van der Waals surface area contributed by atoms with Gasteiger partial charge in [-0.2, -0.15) is 0 Å². The molecule has 6 nitrogen and oxygen atoms in total. The molecule has 1 aromatic heterocycles. The molecule has 1 aliphatic rings. The van der Waals surface area contributed by atoms with E-state index in [-0.39, 0.29) is 0 Å². The summed E-state index contributed by atoms with van der Waals surface area (Å²) in [6.45, 7) is 1.71.